The van der Waals surface area contributed by atoms with Crippen molar-refractivity contribution in [2.24, 2.45) is 0 Å². The van der Waals surface area contributed by atoms with Crippen molar-refractivity contribution in [2.45, 2.75) is 0 Å². The Bertz CT molecular complexity index is 312. The maximum atomic E-state index is 4.13. The van der Waals surface area contributed by atoms with E-state index in [9.17, 15) is 0 Å². The Morgan fingerprint density at radius 2 is 2.09 bits per heavy atom. The highest BCUT2D eigenvalue weighted by Gasteiger charge is 1.96. The van der Waals surface area contributed by atoms with E-state index in [1.807, 2.05) is 18.2 Å². The van der Waals surface area contributed by atoms with Crippen molar-refractivity contribution in [3.8, 4) is 11.5 Å². The highest BCUT2D eigenvalue weighted by atomic mass is 14.9. The molecule has 2 aromatic rings. The van der Waals surface area contributed by atoms with E-state index in [0.717, 1.165) is 11.5 Å². The molecule has 1 N–H and O–H groups in total. The quantitative estimate of drug-likeness (QED) is 0.660. The normalized spacial score (nSPS) is 9.82. The first-order valence-electron chi connectivity index (χ1n) is 3.37. The lowest BCUT2D eigenvalue weighted by Crippen LogP contribution is -1.82. The first kappa shape index (κ1) is 6.09. The van der Waals surface area contributed by atoms with Crippen molar-refractivity contribution in [3.05, 3.63) is 36.8 Å². The number of aromatic nitrogens is 3. The largest absolute Gasteiger partial charge is 0.343 e. The summed E-state index contributed by atoms with van der Waals surface area (Å²) in [5, 5.41) is 0. The molecule has 0 saturated heterocycles. The molecule has 2 rings (SSSR count). The molecule has 11 heavy (non-hydrogen) atoms. The number of nitrogens with zero attached hydrogens (tertiary/aromatic N) is 2. The predicted octanol–water partition coefficient (Wildman–Crippen LogP) is 1.47. The number of hydrogen-bond donors (Lipinski definition) is 1. The minimum Gasteiger partial charge on any atom is -0.343 e. The smallest absolute Gasteiger partial charge is 0.155 e. The Kier molecular flexibility index (Phi) is 1.41. The predicted molar refractivity (Wildman–Crippen MR) is 41.8 cm³/mol. The second kappa shape index (κ2) is 2.54. The standard InChI is InChI=1S/C8H7N3/c1-2-4-9-7(3-1)8-10-5-6-11-8/h1-6H,(H,10,11). The first-order chi connectivity index (χ1) is 5.47. The highest BCUT2D eigenvalue weighted by Crippen LogP contribution is 2.08. The molecule has 0 spiro atoms. The van der Waals surface area contributed by atoms with Gasteiger partial charge >= 0.3 is 0 Å². The summed E-state index contributed by atoms with van der Waals surface area (Å²) in [5.74, 6) is 0.811. The number of imidazole rings is 1. The van der Waals surface area contributed by atoms with Gasteiger partial charge < -0.3 is 4.98 Å². The van der Waals surface area contributed by atoms with E-state index in [0.29, 0.717) is 0 Å². The lowest BCUT2D eigenvalue weighted by molar-refractivity contribution is 1.22. The van der Waals surface area contributed by atoms with Crippen molar-refractivity contribution >= 4 is 0 Å². The molecule has 3 heteroatoms. The van der Waals surface area contributed by atoms with Gasteiger partial charge in [-0.15, -0.1) is 0 Å². The summed E-state index contributed by atoms with van der Waals surface area (Å²) in [5.41, 5.74) is 0.873. The van der Waals surface area contributed by atoms with Crippen molar-refractivity contribution in [1.82, 2.24) is 15.0 Å². The van der Waals surface area contributed by atoms with Gasteiger partial charge in [-0.2, -0.15) is 0 Å². The lowest BCUT2D eigenvalue weighted by atomic mass is 10.3. The maximum Gasteiger partial charge on any atom is 0.155 e. The van der Waals surface area contributed by atoms with Crippen LogP contribution in [0.2, 0.25) is 0 Å². The van der Waals surface area contributed by atoms with E-state index in [2.05, 4.69) is 15.0 Å². The zero-order valence-electron chi connectivity index (χ0n) is 5.86. The van der Waals surface area contributed by atoms with E-state index in [4.69, 9.17) is 0 Å². The van der Waals surface area contributed by atoms with Crippen LogP contribution in [0.5, 0.6) is 0 Å². The molecule has 0 unspecified atom stereocenters. The van der Waals surface area contributed by atoms with Gasteiger partial charge in [0.05, 0.1) is 0 Å². The van der Waals surface area contributed by atoms with E-state index in [1.165, 1.54) is 0 Å². The number of hydrogen-bond acceptors (Lipinski definition) is 2. The van der Waals surface area contributed by atoms with Gasteiger partial charge in [-0.05, 0) is 12.1 Å². The van der Waals surface area contributed by atoms with Gasteiger partial charge in [0.1, 0.15) is 5.69 Å². The van der Waals surface area contributed by atoms with Crippen molar-refractivity contribution in [1.29, 1.82) is 0 Å². The van der Waals surface area contributed by atoms with Gasteiger partial charge in [0.2, 0.25) is 0 Å². The van der Waals surface area contributed by atoms with E-state index >= 15 is 0 Å². The third-order valence-corrected chi connectivity index (χ3v) is 1.41. The summed E-state index contributed by atoms with van der Waals surface area (Å²) in [7, 11) is 0. The molecule has 54 valence electrons. The van der Waals surface area contributed by atoms with Crippen LogP contribution in [0.3, 0.4) is 0 Å². The molecule has 0 aromatic carbocycles. The fourth-order valence-electron chi connectivity index (χ4n) is 0.908. The molecule has 0 radical (unpaired) electrons. The summed E-state index contributed by atoms with van der Waals surface area (Å²) in [4.78, 5) is 11.2. The third-order valence-electron chi connectivity index (χ3n) is 1.41. The average molecular weight is 145 g/mol. The SMILES string of the molecule is c1ccc(-c2ncc[nH]2)nc1. The van der Waals surface area contributed by atoms with E-state index in [-0.39, 0.29) is 0 Å². The Balaban J connectivity index is 2.46. The molecule has 2 aromatic heterocycles. The molecule has 0 amide bonds. The minimum absolute atomic E-state index is 0.811. The summed E-state index contributed by atoms with van der Waals surface area (Å²) in [6.07, 6.45) is 5.24. The van der Waals surface area contributed by atoms with Crippen molar-refractivity contribution in [3.63, 3.8) is 0 Å². The summed E-state index contributed by atoms with van der Waals surface area (Å²) >= 11 is 0. The second-order valence-electron chi connectivity index (χ2n) is 2.15. The maximum absolute atomic E-state index is 4.13. The molecular weight excluding hydrogens is 138 g/mol. The van der Waals surface area contributed by atoms with Gasteiger partial charge in [-0.3, -0.25) is 4.98 Å². The number of aromatic amines is 1. The van der Waals surface area contributed by atoms with Crippen LogP contribution >= 0.6 is 0 Å². The topological polar surface area (TPSA) is 41.6 Å². The van der Waals surface area contributed by atoms with Gasteiger partial charge in [-0.1, -0.05) is 6.07 Å². The van der Waals surface area contributed by atoms with Gasteiger partial charge in [-0.25, -0.2) is 4.98 Å². The first-order valence-corrected chi connectivity index (χ1v) is 3.37. The molecule has 0 aliphatic rings. The third kappa shape index (κ3) is 1.12. The minimum atomic E-state index is 0.811. The molecule has 2 heterocycles. The molecule has 0 atom stereocenters. The lowest BCUT2D eigenvalue weighted by Gasteiger charge is -1.91. The Labute approximate surface area is 64.1 Å². The molecule has 0 aliphatic heterocycles. The fourth-order valence-corrected chi connectivity index (χ4v) is 0.908. The van der Waals surface area contributed by atoms with Crippen LogP contribution in [0.1, 0.15) is 0 Å². The Hall–Kier alpha value is -1.64. The fraction of sp³-hybridized carbons (Fsp3) is 0. The monoisotopic (exact) mass is 145 g/mol. The van der Waals surface area contributed by atoms with Gasteiger partial charge in [0.25, 0.3) is 0 Å². The van der Waals surface area contributed by atoms with E-state index in [1.54, 1.807) is 18.6 Å². The zero-order chi connectivity index (χ0) is 7.52. The number of pyridine rings is 1. The summed E-state index contributed by atoms with van der Waals surface area (Å²) in [6.45, 7) is 0. The van der Waals surface area contributed by atoms with Crippen LogP contribution in [-0.4, -0.2) is 15.0 Å². The molecule has 0 bridgehead atoms. The number of H-pyrrole nitrogens is 1. The summed E-state index contributed by atoms with van der Waals surface area (Å²) in [6, 6.07) is 5.73. The molecular formula is C8H7N3. The zero-order valence-corrected chi connectivity index (χ0v) is 5.86. The van der Waals surface area contributed by atoms with Gasteiger partial charge in [0.15, 0.2) is 5.82 Å². The molecule has 0 saturated carbocycles. The molecule has 0 aliphatic carbocycles. The van der Waals surface area contributed by atoms with Crippen LogP contribution in [0.15, 0.2) is 36.8 Å². The number of rotatable bonds is 1. The summed E-state index contributed by atoms with van der Waals surface area (Å²) < 4.78 is 0. The molecule has 3 nitrogen and oxygen atoms in total. The second-order valence-corrected chi connectivity index (χ2v) is 2.15. The van der Waals surface area contributed by atoms with Crippen LogP contribution in [0.25, 0.3) is 11.5 Å². The van der Waals surface area contributed by atoms with Crippen LogP contribution in [0, 0.1) is 0 Å². The van der Waals surface area contributed by atoms with Gasteiger partial charge in [0, 0.05) is 18.6 Å². The van der Waals surface area contributed by atoms with Crippen molar-refractivity contribution in [2.75, 3.05) is 0 Å². The highest BCUT2D eigenvalue weighted by molar-refractivity contribution is 5.47. The Morgan fingerprint density at radius 1 is 1.09 bits per heavy atom. The number of nitrogens with one attached hydrogen (secondary N) is 1. The van der Waals surface area contributed by atoms with Crippen LogP contribution in [0.4, 0.5) is 0 Å². The van der Waals surface area contributed by atoms with Crippen LogP contribution in [-0.2, 0) is 0 Å². The van der Waals surface area contributed by atoms with Crippen molar-refractivity contribution < 1.29 is 0 Å². The van der Waals surface area contributed by atoms with E-state index < -0.39 is 0 Å². The molecule has 0 fully saturated rings. The Morgan fingerprint density at radius 3 is 2.73 bits per heavy atom. The average Bonchev–Trinajstić information content (AvgIpc) is 2.58. The van der Waals surface area contributed by atoms with Crippen LogP contribution < -0.4 is 0 Å².